The molecule has 2 heteroatoms. The molecule has 0 radical (unpaired) electrons. The van der Waals surface area contributed by atoms with Gasteiger partial charge in [-0.2, -0.15) is 0 Å². The molecule has 0 saturated heterocycles. The number of rotatable bonds is 0. The van der Waals surface area contributed by atoms with Crippen molar-refractivity contribution in [2.75, 3.05) is 0 Å². The molecule has 0 N–H and O–H groups in total. The second-order valence-corrected chi connectivity index (χ2v) is 2.35. The molecule has 0 amide bonds. The van der Waals surface area contributed by atoms with Crippen LogP contribution in [0.1, 0.15) is 6.42 Å². The Morgan fingerprint density at radius 1 is 0.909 bits per heavy atom. The third-order valence-electron chi connectivity index (χ3n) is 1.55. The van der Waals surface area contributed by atoms with E-state index in [1.165, 1.54) is 0 Å². The quantitative estimate of drug-likeness (QED) is 0.534. The lowest BCUT2D eigenvalue weighted by Crippen LogP contribution is -1.70. The summed E-state index contributed by atoms with van der Waals surface area (Å²) in [5, 5.41) is 0. The van der Waals surface area contributed by atoms with Gasteiger partial charge in [-0.25, -0.2) is 0 Å². The van der Waals surface area contributed by atoms with Gasteiger partial charge in [-0.05, 0) is 12.1 Å². The Hall–Kier alpha value is -1.44. The van der Waals surface area contributed by atoms with Crippen LogP contribution in [0.2, 0.25) is 0 Å². The Bertz CT molecular complexity index is 282. The topological polar surface area (TPSA) is 24.7 Å². The van der Waals surface area contributed by atoms with Gasteiger partial charge in [0.05, 0.1) is 11.4 Å². The molecule has 0 saturated carbocycles. The summed E-state index contributed by atoms with van der Waals surface area (Å²) in [6.45, 7) is 0. The van der Waals surface area contributed by atoms with E-state index in [0.717, 1.165) is 17.8 Å². The van der Waals surface area contributed by atoms with Crippen molar-refractivity contribution in [1.82, 2.24) is 0 Å². The van der Waals surface area contributed by atoms with Crippen LogP contribution in [0, 0.1) is 0 Å². The number of para-hydroxylation sites is 2. The highest BCUT2D eigenvalue weighted by atomic mass is 14.8. The number of benzene rings is 1. The van der Waals surface area contributed by atoms with Crippen molar-refractivity contribution in [2.24, 2.45) is 9.98 Å². The first-order valence-corrected chi connectivity index (χ1v) is 3.61. The van der Waals surface area contributed by atoms with Crippen molar-refractivity contribution in [3.8, 4) is 0 Å². The van der Waals surface area contributed by atoms with Crippen LogP contribution >= 0.6 is 0 Å². The van der Waals surface area contributed by atoms with E-state index in [2.05, 4.69) is 9.98 Å². The molecule has 1 aliphatic rings. The average molecular weight is 144 g/mol. The van der Waals surface area contributed by atoms with Gasteiger partial charge >= 0.3 is 0 Å². The molecule has 2 rings (SSSR count). The van der Waals surface area contributed by atoms with Crippen LogP contribution in [0.5, 0.6) is 0 Å². The van der Waals surface area contributed by atoms with Crippen LogP contribution in [0.25, 0.3) is 0 Å². The first-order valence-electron chi connectivity index (χ1n) is 3.61. The van der Waals surface area contributed by atoms with Crippen LogP contribution in [-0.2, 0) is 0 Å². The molecule has 1 heterocycles. The molecular weight excluding hydrogens is 136 g/mol. The van der Waals surface area contributed by atoms with Gasteiger partial charge < -0.3 is 0 Å². The zero-order valence-electron chi connectivity index (χ0n) is 6.07. The number of hydrogen-bond donors (Lipinski definition) is 0. The van der Waals surface area contributed by atoms with E-state index >= 15 is 0 Å². The molecule has 0 unspecified atom stereocenters. The Morgan fingerprint density at radius 2 is 1.45 bits per heavy atom. The molecule has 0 fully saturated rings. The number of aliphatic imine (C=N–C) groups is 2. The summed E-state index contributed by atoms with van der Waals surface area (Å²) in [7, 11) is 0. The lowest BCUT2D eigenvalue weighted by Gasteiger charge is -1.94. The molecule has 0 bridgehead atoms. The second kappa shape index (κ2) is 2.66. The maximum atomic E-state index is 4.24. The smallest absolute Gasteiger partial charge is 0.0882 e. The van der Waals surface area contributed by atoms with Crippen molar-refractivity contribution < 1.29 is 0 Å². The molecule has 1 aromatic rings. The summed E-state index contributed by atoms with van der Waals surface area (Å²) in [6.07, 6.45) is 4.57. The molecule has 1 aromatic carbocycles. The minimum Gasteiger partial charge on any atom is -0.259 e. The van der Waals surface area contributed by atoms with Crippen LogP contribution < -0.4 is 0 Å². The van der Waals surface area contributed by atoms with Gasteiger partial charge in [0.25, 0.3) is 0 Å². The fourth-order valence-corrected chi connectivity index (χ4v) is 1.03. The zero-order valence-corrected chi connectivity index (χ0v) is 6.07. The van der Waals surface area contributed by atoms with Crippen molar-refractivity contribution in [2.45, 2.75) is 6.42 Å². The molecule has 11 heavy (non-hydrogen) atoms. The maximum Gasteiger partial charge on any atom is 0.0882 e. The monoisotopic (exact) mass is 144 g/mol. The molecule has 1 aliphatic heterocycles. The fourth-order valence-electron chi connectivity index (χ4n) is 1.03. The van der Waals surface area contributed by atoms with E-state index < -0.39 is 0 Å². The first-order chi connectivity index (χ1) is 5.47. The molecule has 54 valence electrons. The highest BCUT2D eigenvalue weighted by Crippen LogP contribution is 2.27. The molecular formula is C9H8N2. The minimum atomic E-state index is 0.828. The predicted molar refractivity (Wildman–Crippen MR) is 47.4 cm³/mol. The van der Waals surface area contributed by atoms with E-state index in [9.17, 15) is 0 Å². The van der Waals surface area contributed by atoms with E-state index in [1.54, 1.807) is 0 Å². The highest BCUT2D eigenvalue weighted by Gasteiger charge is 1.97. The van der Waals surface area contributed by atoms with Gasteiger partial charge in [-0.3, -0.25) is 9.98 Å². The third-order valence-corrected chi connectivity index (χ3v) is 1.55. The van der Waals surface area contributed by atoms with Crippen molar-refractivity contribution >= 4 is 23.8 Å². The summed E-state index contributed by atoms with van der Waals surface area (Å²) >= 11 is 0. The lowest BCUT2D eigenvalue weighted by molar-refractivity contribution is 1.48. The number of hydrogen-bond acceptors (Lipinski definition) is 2. The zero-order chi connectivity index (χ0) is 7.52. The number of fused-ring (bicyclic) bond motifs is 1. The Morgan fingerprint density at radius 3 is 2.00 bits per heavy atom. The number of nitrogens with zero attached hydrogens (tertiary/aromatic N) is 2. The minimum absolute atomic E-state index is 0.828. The normalized spacial score (nSPS) is 14.2. The van der Waals surface area contributed by atoms with Gasteiger partial charge in [0, 0.05) is 18.9 Å². The Balaban J connectivity index is 2.58. The van der Waals surface area contributed by atoms with Crippen molar-refractivity contribution in [1.29, 1.82) is 0 Å². The largest absolute Gasteiger partial charge is 0.259 e. The average Bonchev–Trinajstić information content (AvgIpc) is 2.28. The summed E-state index contributed by atoms with van der Waals surface area (Å²) in [5.41, 5.74) is 1.92. The first kappa shape index (κ1) is 6.28. The molecule has 0 aliphatic carbocycles. The SMILES string of the molecule is C1=Nc2ccccc2N=CC1. The van der Waals surface area contributed by atoms with E-state index in [1.807, 2.05) is 36.7 Å². The van der Waals surface area contributed by atoms with Crippen LogP contribution in [0.4, 0.5) is 11.4 Å². The summed E-state index contributed by atoms with van der Waals surface area (Å²) in [4.78, 5) is 8.47. The van der Waals surface area contributed by atoms with Crippen LogP contribution in [0.3, 0.4) is 0 Å². The predicted octanol–water partition coefficient (Wildman–Crippen LogP) is 2.49. The van der Waals surface area contributed by atoms with Crippen molar-refractivity contribution in [3.05, 3.63) is 24.3 Å². The Labute approximate surface area is 65.3 Å². The van der Waals surface area contributed by atoms with Gasteiger partial charge in [0.2, 0.25) is 0 Å². The van der Waals surface area contributed by atoms with Crippen LogP contribution in [0.15, 0.2) is 34.3 Å². The molecule has 0 atom stereocenters. The lowest BCUT2D eigenvalue weighted by atomic mass is 10.3. The highest BCUT2D eigenvalue weighted by molar-refractivity contribution is 5.87. The second-order valence-electron chi connectivity index (χ2n) is 2.35. The third kappa shape index (κ3) is 1.19. The maximum absolute atomic E-state index is 4.24. The summed E-state index contributed by atoms with van der Waals surface area (Å²) in [6, 6.07) is 7.87. The summed E-state index contributed by atoms with van der Waals surface area (Å²) < 4.78 is 0. The molecule has 2 nitrogen and oxygen atoms in total. The van der Waals surface area contributed by atoms with Gasteiger partial charge in [0.1, 0.15) is 0 Å². The van der Waals surface area contributed by atoms with Gasteiger partial charge in [-0.1, -0.05) is 12.1 Å². The molecule has 0 spiro atoms. The van der Waals surface area contributed by atoms with E-state index in [0.29, 0.717) is 0 Å². The standard InChI is InChI=1S/C9H8N2/c1-2-5-9-8(4-1)10-6-3-7-11-9/h1-2,4-7H,3H2. The molecule has 0 aromatic heterocycles. The van der Waals surface area contributed by atoms with Gasteiger partial charge in [-0.15, -0.1) is 0 Å². The Kier molecular flexibility index (Phi) is 1.52. The fraction of sp³-hybridized carbons (Fsp3) is 0.111. The van der Waals surface area contributed by atoms with Crippen LogP contribution in [-0.4, -0.2) is 12.4 Å². The van der Waals surface area contributed by atoms with Crippen molar-refractivity contribution in [3.63, 3.8) is 0 Å². The van der Waals surface area contributed by atoms with E-state index in [-0.39, 0.29) is 0 Å². The van der Waals surface area contributed by atoms with E-state index in [4.69, 9.17) is 0 Å². The summed E-state index contributed by atoms with van der Waals surface area (Å²) in [5.74, 6) is 0. The van der Waals surface area contributed by atoms with Gasteiger partial charge in [0.15, 0.2) is 0 Å².